The predicted octanol–water partition coefficient (Wildman–Crippen LogP) is 1.98. The van der Waals surface area contributed by atoms with Gasteiger partial charge in [-0.25, -0.2) is 0 Å². The van der Waals surface area contributed by atoms with Crippen molar-refractivity contribution in [2.75, 3.05) is 44.4 Å². The largest absolute Gasteiger partial charge is 0.397 e. The number of amides is 1. The molecule has 1 saturated heterocycles. The van der Waals surface area contributed by atoms with E-state index in [2.05, 4.69) is 4.90 Å². The summed E-state index contributed by atoms with van der Waals surface area (Å²) in [6.45, 7) is 4.53. The Hall–Kier alpha value is -1.75. The number of nitrogens with zero attached hydrogens (tertiary/aromatic N) is 2. The lowest BCUT2D eigenvalue weighted by Gasteiger charge is -2.35. The number of anilines is 2. The minimum Gasteiger partial charge on any atom is -0.397 e. The molecule has 5 nitrogen and oxygen atoms in total. The van der Waals surface area contributed by atoms with Crippen molar-refractivity contribution in [2.45, 2.75) is 25.9 Å². The zero-order valence-electron chi connectivity index (χ0n) is 13.1. The second kappa shape index (κ2) is 6.80. The van der Waals surface area contributed by atoms with E-state index in [0.717, 1.165) is 38.2 Å². The summed E-state index contributed by atoms with van der Waals surface area (Å²) >= 11 is 0. The number of nitrogen functional groups attached to an aromatic ring is 1. The Morgan fingerprint density at radius 3 is 2.90 bits per heavy atom. The van der Waals surface area contributed by atoms with Gasteiger partial charge in [-0.05, 0) is 38.0 Å². The van der Waals surface area contributed by atoms with Gasteiger partial charge in [0.25, 0.3) is 5.91 Å². The maximum absolute atomic E-state index is 12.1. The maximum Gasteiger partial charge on any atom is 0.253 e. The number of rotatable bonds is 4. The summed E-state index contributed by atoms with van der Waals surface area (Å²) in [6.07, 6.45) is 2.41. The average molecular weight is 291 g/mol. The fourth-order valence-electron chi connectivity index (χ4n) is 2.74. The molecule has 2 rings (SSSR count). The lowest BCUT2D eigenvalue weighted by molar-refractivity contribution is 0.0527. The lowest BCUT2D eigenvalue weighted by Crippen LogP contribution is -2.40. The van der Waals surface area contributed by atoms with E-state index in [1.54, 1.807) is 25.1 Å². The molecule has 0 bridgehead atoms. The molecule has 1 aliphatic heterocycles. The van der Waals surface area contributed by atoms with Gasteiger partial charge in [0.05, 0.1) is 17.5 Å². The first-order chi connectivity index (χ1) is 10.0. The van der Waals surface area contributed by atoms with Crippen LogP contribution in [0.3, 0.4) is 0 Å². The molecule has 0 saturated carbocycles. The van der Waals surface area contributed by atoms with Crippen LogP contribution in [0.5, 0.6) is 0 Å². The first kappa shape index (κ1) is 15.6. The summed E-state index contributed by atoms with van der Waals surface area (Å²) in [4.78, 5) is 15.9. The molecule has 2 N–H and O–H groups in total. The van der Waals surface area contributed by atoms with Crippen LogP contribution in [0.4, 0.5) is 11.4 Å². The van der Waals surface area contributed by atoms with Gasteiger partial charge in [0.2, 0.25) is 0 Å². The molecule has 1 aliphatic rings. The lowest BCUT2D eigenvalue weighted by atomic mass is 10.1. The van der Waals surface area contributed by atoms with E-state index >= 15 is 0 Å². The normalized spacial score (nSPS) is 18.6. The number of ether oxygens (including phenoxy) is 1. The Balaban J connectivity index is 2.22. The Kier molecular flexibility index (Phi) is 5.07. The number of carbonyl (C=O) groups is 1. The highest BCUT2D eigenvalue weighted by atomic mass is 16.5. The van der Waals surface area contributed by atoms with Crippen LogP contribution in [0.2, 0.25) is 0 Å². The molecule has 1 amide bonds. The third-order valence-electron chi connectivity index (χ3n) is 3.80. The summed E-state index contributed by atoms with van der Waals surface area (Å²) < 4.78 is 5.73. The Labute approximate surface area is 126 Å². The molecule has 116 valence electrons. The fourth-order valence-corrected chi connectivity index (χ4v) is 2.74. The van der Waals surface area contributed by atoms with Crippen LogP contribution in [-0.4, -0.2) is 50.7 Å². The average Bonchev–Trinajstić information content (AvgIpc) is 2.47. The first-order valence-corrected chi connectivity index (χ1v) is 7.50. The highest BCUT2D eigenvalue weighted by molar-refractivity contribution is 5.96. The van der Waals surface area contributed by atoms with E-state index in [0.29, 0.717) is 11.3 Å². The van der Waals surface area contributed by atoms with Crippen molar-refractivity contribution in [3.8, 4) is 0 Å². The van der Waals surface area contributed by atoms with Crippen LogP contribution in [0.25, 0.3) is 0 Å². The van der Waals surface area contributed by atoms with Crippen LogP contribution in [0, 0.1) is 0 Å². The number of hydrogen-bond acceptors (Lipinski definition) is 4. The summed E-state index contributed by atoms with van der Waals surface area (Å²) in [5.74, 6) is -0.00498. The van der Waals surface area contributed by atoms with Crippen molar-refractivity contribution in [3.05, 3.63) is 23.8 Å². The second-order valence-corrected chi connectivity index (χ2v) is 5.64. The molecular formula is C16H25N3O2. The van der Waals surface area contributed by atoms with Gasteiger partial charge >= 0.3 is 0 Å². The highest BCUT2D eigenvalue weighted by Crippen LogP contribution is 2.28. The van der Waals surface area contributed by atoms with Crippen LogP contribution < -0.4 is 10.6 Å². The van der Waals surface area contributed by atoms with Crippen LogP contribution in [0.1, 0.15) is 30.1 Å². The minimum atomic E-state index is -0.00498. The zero-order chi connectivity index (χ0) is 15.4. The molecule has 1 fully saturated rings. The molecule has 21 heavy (non-hydrogen) atoms. The third kappa shape index (κ3) is 3.67. The zero-order valence-corrected chi connectivity index (χ0v) is 13.1. The van der Waals surface area contributed by atoms with Gasteiger partial charge in [-0.15, -0.1) is 0 Å². The van der Waals surface area contributed by atoms with Crippen molar-refractivity contribution >= 4 is 17.3 Å². The molecule has 0 radical (unpaired) electrons. The summed E-state index contributed by atoms with van der Waals surface area (Å²) in [5, 5.41) is 0. The predicted molar refractivity (Wildman–Crippen MR) is 85.7 cm³/mol. The summed E-state index contributed by atoms with van der Waals surface area (Å²) in [6, 6.07) is 5.49. The second-order valence-electron chi connectivity index (χ2n) is 5.64. The quantitative estimate of drug-likeness (QED) is 0.862. The van der Waals surface area contributed by atoms with Gasteiger partial charge < -0.3 is 20.3 Å². The van der Waals surface area contributed by atoms with Crippen molar-refractivity contribution in [1.29, 1.82) is 0 Å². The summed E-state index contributed by atoms with van der Waals surface area (Å²) in [7, 11) is 3.51. The molecule has 5 heteroatoms. The van der Waals surface area contributed by atoms with Crippen LogP contribution in [-0.2, 0) is 4.74 Å². The summed E-state index contributed by atoms with van der Waals surface area (Å²) in [5.41, 5.74) is 8.43. The third-order valence-corrected chi connectivity index (χ3v) is 3.80. The molecule has 1 unspecified atom stereocenters. The van der Waals surface area contributed by atoms with Gasteiger partial charge in [0, 0.05) is 39.4 Å². The van der Waals surface area contributed by atoms with E-state index < -0.39 is 0 Å². The van der Waals surface area contributed by atoms with Crippen LogP contribution in [0.15, 0.2) is 18.2 Å². The molecule has 1 aromatic carbocycles. The van der Waals surface area contributed by atoms with Crippen LogP contribution >= 0.6 is 0 Å². The minimum absolute atomic E-state index is 0.00498. The highest BCUT2D eigenvalue weighted by Gasteiger charge is 2.22. The van der Waals surface area contributed by atoms with Crippen molar-refractivity contribution in [3.63, 3.8) is 0 Å². The van der Waals surface area contributed by atoms with Gasteiger partial charge in [0.1, 0.15) is 0 Å². The standard InChI is InChI=1S/C16H25N3O2/c1-4-21-13-6-5-9-19(11-13)15-10-12(7-8-14(15)17)16(20)18(2)3/h7-8,10,13H,4-6,9,11,17H2,1-3H3. The monoisotopic (exact) mass is 291 g/mol. The van der Waals surface area contributed by atoms with Gasteiger partial charge in [0.15, 0.2) is 0 Å². The van der Waals surface area contributed by atoms with E-state index in [1.165, 1.54) is 0 Å². The van der Waals surface area contributed by atoms with Gasteiger partial charge in [-0.2, -0.15) is 0 Å². The van der Waals surface area contributed by atoms with Crippen molar-refractivity contribution in [2.24, 2.45) is 0 Å². The number of carbonyl (C=O) groups excluding carboxylic acids is 1. The van der Waals surface area contributed by atoms with E-state index in [1.807, 2.05) is 19.1 Å². The number of nitrogens with two attached hydrogens (primary N) is 1. The molecule has 0 spiro atoms. The molecule has 1 atom stereocenters. The Bertz CT molecular complexity index is 500. The smallest absolute Gasteiger partial charge is 0.253 e. The van der Waals surface area contributed by atoms with Gasteiger partial charge in [-0.1, -0.05) is 0 Å². The van der Waals surface area contributed by atoms with Gasteiger partial charge in [-0.3, -0.25) is 4.79 Å². The van der Waals surface area contributed by atoms with E-state index in [4.69, 9.17) is 10.5 Å². The number of benzene rings is 1. The first-order valence-electron chi connectivity index (χ1n) is 7.50. The molecular weight excluding hydrogens is 266 g/mol. The van der Waals surface area contributed by atoms with Crippen molar-refractivity contribution < 1.29 is 9.53 Å². The van der Waals surface area contributed by atoms with E-state index in [9.17, 15) is 4.79 Å². The number of piperidine rings is 1. The molecule has 1 heterocycles. The Morgan fingerprint density at radius 2 is 2.24 bits per heavy atom. The number of hydrogen-bond donors (Lipinski definition) is 1. The maximum atomic E-state index is 12.1. The molecule has 0 aliphatic carbocycles. The fraction of sp³-hybridized carbons (Fsp3) is 0.562. The SMILES string of the molecule is CCOC1CCCN(c2cc(C(=O)N(C)C)ccc2N)C1. The molecule has 0 aromatic heterocycles. The molecule has 1 aromatic rings. The van der Waals surface area contributed by atoms with E-state index in [-0.39, 0.29) is 12.0 Å². The topological polar surface area (TPSA) is 58.8 Å². The Morgan fingerprint density at radius 1 is 1.48 bits per heavy atom. The van der Waals surface area contributed by atoms with Crippen molar-refractivity contribution in [1.82, 2.24) is 4.90 Å².